The molecule has 0 aliphatic carbocycles. The first-order valence-corrected chi connectivity index (χ1v) is 7.95. The molecule has 1 N–H and O–H groups in total. The highest BCUT2D eigenvalue weighted by Crippen LogP contribution is 2.42. The topological polar surface area (TPSA) is 24.5 Å². The second-order valence-electron chi connectivity index (χ2n) is 6.09. The van der Waals surface area contributed by atoms with Crippen molar-refractivity contribution in [2.45, 2.75) is 32.1 Å². The number of rotatable bonds is 4. The molecule has 1 saturated heterocycles. The van der Waals surface area contributed by atoms with Gasteiger partial charge in [0.15, 0.2) is 0 Å². The van der Waals surface area contributed by atoms with Gasteiger partial charge < -0.3 is 15.0 Å². The molecule has 3 nitrogen and oxygen atoms in total. The van der Waals surface area contributed by atoms with Crippen molar-refractivity contribution in [3.63, 3.8) is 0 Å². The van der Waals surface area contributed by atoms with Crippen LogP contribution < -0.4 is 15.0 Å². The van der Waals surface area contributed by atoms with Crippen molar-refractivity contribution in [1.29, 1.82) is 0 Å². The molecule has 0 spiro atoms. The quantitative estimate of drug-likeness (QED) is 0.913. The summed E-state index contributed by atoms with van der Waals surface area (Å²) in [4.78, 5) is 2.51. The van der Waals surface area contributed by atoms with Crippen LogP contribution in [0.3, 0.4) is 0 Å². The van der Waals surface area contributed by atoms with Crippen LogP contribution in [0.1, 0.15) is 37.7 Å². The zero-order chi connectivity index (χ0) is 13.9. The van der Waals surface area contributed by atoms with Crippen molar-refractivity contribution < 1.29 is 4.74 Å². The number of benzene rings is 1. The Kier molecular flexibility index (Phi) is 4.16. The van der Waals surface area contributed by atoms with E-state index in [1.807, 2.05) is 0 Å². The predicted molar refractivity (Wildman–Crippen MR) is 83.8 cm³/mol. The van der Waals surface area contributed by atoms with Gasteiger partial charge in [0.1, 0.15) is 5.75 Å². The van der Waals surface area contributed by atoms with E-state index in [1.54, 1.807) is 7.11 Å². The summed E-state index contributed by atoms with van der Waals surface area (Å²) in [5.74, 6) is 2.57. The van der Waals surface area contributed by atoms with Crippen molar-refractivity contribution in [1.82, 2.24) is 5.32 Å². The summed E-state index contributed by atoms with van der Waals surface area (Å²) in [5, 5.41) is 3.47. The van der Waals surface area contributed by atoms with Gasteiger partial charge in [-0.15, -0.1) is 0 Å². The lowest BCUT2D eigenvalue weighted by molar-refractivity contribution is 0.334. The minimum Gasteiger partial charge on any atom is -0.497 e. The number of nitrogens with zero attached hydrogens (tertiary/aromatic N) is 1. The molecule has 2 aliphatic heterocycles. The van der Waals surface area contributed by atoms with E-state index in [1.165, 1.54) is 50.1 Å². The molecule has 3 heteroatoms. The number of nitrogens with one attached hydrogen (secondary N) is 1. The third kappa shape index (κ3) is 2.64. The highest BCUT2D eigenvalue weighted by Gasteiger charge is 2.30. The van der Waals surface area contributed by atoms with Crippen molar-refractivity contribution >= 4 is 5.69 Å². The summed E-state index contributed by atoms with van der Waals surface area (Å²) in [6.07, 6.45) is 4.00. The van der Waals surface area contributed by atoms with Gasteiger partial charge in [0.2, 0.25) is 0 Å². The Bertz CT molecular complexity index is 454. The standard InChI is InChI=1S/C17H26N2O/c1-3-19-12-14(10-13-6-8-18-9-7-13)16-11-15(20-2)4-5-17(16)19/h4-5,11,13-14,18H,3,6-10,12H2,1-2H3. The molecular weight excluding hydrogens is 248 g/mol. The Hall–Kier alpha value is -1.22. The van der Waals surface area contributed by atoms with Crippen LogP contribution in [0.2, 0.25) is 0 Å². The van der Waals surface area contributed by atoms with Crippen LogP contribution in [-0.4, -0.2) is 33.3 Å². The molecule has 3 rings (SSSR count). The first-order valence-electron chi connectivity index (χ1n) is 7.95. The lowest BCUT2D eigenvalue weighted by Crippen LogP contribution is -2.29. The van der Waals surface area contributed by atoms with Gasteiger partial charge in [-0.2, -0.15) is 0 Å². The lowest BCUT2D eigenvalue weighted by Gasteiger charge is -2.25. The molecule has 20 heavy (non-hydrogen) atoms. The monoisotopic (exact) mass is 274 g/mol. The van der Waals surface area contributed by atoms with Crippen LogP contribution in [0.25, 0.3) is 0 Å². The Labute approximate surface area is 122 Å². The Morgan fingerprint density at radius 3 is 2.80 bits per heavy atom. The number of hydrogen-bond acceptors (Lipinski definition) is 3. The van der Waals surface area contributed by atoms with Gasteiger partial charge in [-0.3, -0.25) is 0 Å². The minimum absolute atomic E-state index is 0.683. The predicted octanol–water partition coefficient (Wildman–Crippen LogP) is 3.01. The van der Waals surface area contributed by atoms with E-state index in [2.05, 4.69) is 35.3 Å². The SMILES string of the molecule is CCN1CC(CC2CCNCC2)c2cc(OC)ccc21. The molecule has 0 radical (unpaired) electrons. The molecule has 1 atom stereocenters. The van der Waals surface area contributed by atoms with E-state index in [9.17, 15) is 0 Å². The number of methoxy groups -OCH3 is 1. The van der Waals surface area contributed by atoms with E-state index < -0.39 is 0 Å². The summed E-state index contributed by atoms with van der Waals surface area (Å²) in [6, 6.07) is 6.59. The number of likely N-dealkylation sites (N-methyl/N-ethyl adjacent to an activating group) is 1. The maximum atomic E-state index is 5.42. The second-order valence-corrected chi connectivity index (χ2v) is 6.09. The number of ether oxygens (including phenoxy) is 1. The van der Waals surface area contributed by atoms with Gasteiger partial charge in [0.05, 0.1) is 7.11 Å². The fourth-order valence-electron chi connectivity index (χ4n) is 3.76. The molecular formula is C17H26N2O. The van der Waals surface area contributed by atoms with Gasteiger partial charge in [-0.1, -0.05) is 0 Å². The zero-order valence-corrected chi connectivity index (χ0v) is 12.7. The first-order chi connectivity index (χ1) is 9.81. The fourth-order valence-corrected chi connectivity index (χ4v) is 3.76. The fraction of sp³-hybridized carbons (Fsp3) is 0.647. The molecule has 2 heterocycles. The number of fused-ring (bicyclic) bond motifs is 1. The molecule has 0 bridgehead atoms. The smallest absolute Gasteiger partial charge is 0.119 e. The average molecular weight is 274 g/mol. The largest absolute Gasteiger partial charge is 0.497 e. The van der Waals surface area contributed by atoms with Gasteiger partial charge in [0, 0.05) is 24.7 Å². The molecule has 0 amide bonds. The zero-order valence-electron chi connectivity index (χ0n) is 12.7. The molecule has 1 fully saturated rings. The second kappa shape index (κ2) is 6.04. The summed E-state index contributed by atoms with van der Waals surface area (Å²) >= 11 is 0. The summed E-state index contributed by atoms with van der Waals surface area (Å²) in [5.41, 5.74) is 2.93. The number of anilines is 1. The maximum Gasteiger partial charge on any atom is 0.119 e. The van der Waals surface area contributed by atoms with E-state index in [0.29, 0.717) is 5.92 Å². The van der Waals surface area contributed by atoms with E-state index in [-0.39, 0.29) is 0 Å². The molecule has 110 valence electrons. The van der Waals surface area contributed by atoms with Gasteiger partial charge in [-0.05, 0) is 69.0 Å². The summed E-state index contributed by atoms with van der Waals surface area (Å²) in [6.45, 7) is 6.92. The number of hydrogen-bond donors (Lipinski definition) is 1. The van der Waals surface area contributed by atoms with Crippen LogP contribution in [0, 0.1) is 5.92 Å². The normalized spacial score (nSPS) is 22.9. The molecule has 2 aliphatic rings. The third-order valence-electron chi connectivity index (χ3n) is 4.91. The third-order valence-corrected chi connectivity index (χ3v) is 4.91. The van der Waals surface area contributed by atoms with Crippen molar-refractivity contribution in [3.8, 4) is 5.75 Å². The maximum absolute atomic E-state index is 5.42. The molecule has 1 aromatic carbocycles. The first kappa shape index (κ1) is 13.7. The highest BCUT2D eigenvalue weighted by atomic mass is 16.5. The van der Waals surface area contributed by atoms with Crippen LogP contribution in [0.4, 0.5) is 5.69 Å². The molecule has 1 aromatic rings. The minimum atomic E-state index is 0.683. The van der Waals surface area contributed by atoms with Crippen LogP contribution in [0.15, 0.2) is 18.2 Å². The van der Waals surface area contributed by atoms with Crippen molar-refractivity contribution in [2.75, 3.05) is 38.2 Å². The summed E-state index contributed by atoms with van der Waals surface area (Å²) < 4.78 is 5.42. The van der Waals surface area contributed by atoms with Gasteiger partial charge in [0.25, 0.3) is 0 Å². The van der Waals surface area contributed by atoms with E-state index in [0.717, 1.165) is 18.2 Å². The molecule has 0 saturated carbocycles. The van der Waals surface area contributed by atoms with Gasteiger partial charge >= 0.3 is 0 Å². The lowest BCUT2D eigenvalue weighted by atomic mass is 9.85. The Morgan fingerprint density at radius 2 is 2.10 bits per heavy atom. The van der Waals surface area contributed by atoms with Crippen LogP contribution in [-0.2, 0) is 0 Å². The van der Waals surface area contributed by atoms with Crippen LogP contribution >= 0.6 is 0 Å². The molecule has 1 unspecified atom stereocenters. The van der Waals surface area contributed by atoms with E-state index >= 15 is 0 Å². The van der Waals surface area contributed by atoms with Crippen molar-refractivity contribution in [2.24, 2.45) is 5.92 Å². The Morgan fingerprint density at radius 1 is 1.30 bits per heavy atom. The highest BCUT2D eigenvalue weighted by molar-refractivity contribution is 5.62. The van der Waals surface area contributed by atoms with Crippen LogP contribution in [0.5, 0.6) is 5.75 Å². The average Bonchev–Trinajstić information content (AvgIpc) is 2.85. The van der Waals surface area contributed by atoms with Gasteiger partial charge in [-0.25, -0.2) is 0 Å². The van der Waals surface area contributed by atoms with Crippen molar-refractivity contribution in [3.05, 3.63) is 23.8 Å². The Balaban J connectivity index is 1.79. The molecule has 0 aromatic heterocycles. The van der Waals surface area contributed by atoms with E-state index in [4.69, 9.17) is 4.74 Å². The summed E-state index contributed by atoms with van der Waals surface area (Å²) in [7, 11) is 1.76. The number of piperidine rings is 1.